The van der Waals surface area contributed by atoms with E-state index in [-0.39, 0.29) is 17.5 Å². The van der Waals surface area contributed by atoms with E-state index in [1.54, 1.807) is 32.0 Å². The molecular weight excluding hydrogens is 396 g/mol. The Hall–Kier alpha value is -2.91. The normalized spacial score (nSPS) is 11.4. The van der Waals surface area contributed by atoms with Crippen molar-refractivity contribution in [2.45, 2.75) is 24.8 Å². The number of ether oxygens (including phenoxy) is 2. The molecule has 2 rings (SSSR count). The second-order valence-electron chi connectivity index (χ2n) is 6.50. The lowest BCUT2D eigenvalue weighted by atomic mass is 10.2. The lowest BCUT2D eigenvalue weighted by molar-refractivity contribution is -0.118. The average Bonchev–Trinajstić information content (AvgIpc) is 2.71. The van der Waals surface area contributed by atoms with Crippen molar-refractivity contribution < 1.29 is 27.5 Å². The van der Waals surface area contributed by atoms with E-state index in [4.69, 9.17) is 4.74 Å². The van der Waals surface area contributed by atoms with Crippen LogP contribution in [0.15, 0.2) is 53.4 Å². The van der Waals surface area contributed by atoms with Crippen molar-refractivity contribution in [3.63, 3.8) is 0 Å². The summed E-state index contributed by atoms with van der Waals surface area (Å²) in [6.07, 6.45) is 0. The summed E-state index contributed by atoms with van der Waals surface area (Å²) in [5, 5.41) is 2.63. The number of nitrogens with zero attached hydrogens (tertiary/aromatic N) is 1. The van der Waals surface area contributed by atoms with Gasteiger partial charge in [-0.05, 0) is 56.3 Å². The summed E-state index contributed by atoms with van der Waals surface area (Å²) in [4.78, 5) is 23.7. The molecule has 0 radical (unpaired) electrons. The van der Waals surface area contributed by atoms with Crippen LogP contribution in [0.25, 0.3) is 0 Å². The Balaban J connectivity index is 1.97. The first-order chi connectivity index (χ1) is 13.6. The van der Waals surface area contributed by atoms with Crippen LogP contribution in [0.3, 0.4) is 0 Å². The van der Waals surface area contributed by atoms with Crippen molar-refractivity contribution in [3.05, 3.63) is 54.1 Å². The van der Waals surface area contributed by atoms with Crippen molar-refractivity contribution in [2.24, 2.45) is 0 Å². The van der Waals surface area contributed by atoms with Gasteiger partial charge in [-0.3, -0.25) is 4.79 Å². The molecular formula is C20H24N2O6S. The van der Waals surface area contributed by atoms with Crippen LogP contribution in [0, 0.1) is 0 Å². The Kier molecular flexibility index (Phi) is 7.35. The molecule has 156 valence electrons. The summed E-state index contributed by atoms with van der Waals surface area (Å²) in [5.74, 6) is -0.581. The minimum atomic E-state index is -3.58. The molecule has 0 saturated heterocycles. The Labute approximate surface area is 170 Å². The molecule has 0 fully saturated rings. The largest absolute Gasteiger partial charge is 0.484 e. The summed E-state index contributed by atoms with van der Waals surface area (Å²) in [5.41, 5.74) is 0.752. The molecule has 0 aliphatic rings. The molecule has 0 aliphatic carbocycles. The van der Waals surface area contributed by atoms with Crippen molar-refractivity contribution >= 4 is 27.6 Å². The number of esters is 1. The second-order valence-corrected chi connectivity index (χ2v) is 8.49. The minimum absolute atomic E-state index is 0.141. The highest BCUT2D eigenvalue weighted by molar-refractivity contribution is 7.89. The Morgan fingerprint density at radius 1 is 1.10 bits per heavy atom. The third-order valence-corrected chi connectivity index (χ3v) is 6.22. The first kappa shape index (κ1) is 22.4. The second kappa shape index (κ2) is 9.53. The van der Waals surface area contributed by atoms with Crippen molar-refractivity contribution in [2.75, 3.05) is 26.1 Å². The van der Waals surface area contributed by atoms with Gasteiger partial charge >= 0.3 is 5.97 Å². The van der Waals surface area contributed by atoms with Crippen LogP contribution >= 0.6 is 0 Å². The van der Waals surface area contributed by atoms with Gasteiger partial charge in [-0.15, -0.1) is 0 Å². The lowest BCUT2D eigenvalue weighted by Crippen LogP contribution is -2.33. The van der Waals surface area contributed by atoms with Gasteiger partial charge in [-0.1, -0.05) is 6.07 Å². The molecule has 1 N–H and O–H groups in total. The number of hydrogen-bond acceptors (Lipinski definition) is 6. The van der Waals surface area contributed by atoms with E-state index < -0.39 is 21.9 Å². The van der Waals surface area contributed by atoms with Crippen LogP contribution in [0.5, 0.6) is 5.75 Å². The Morgan fingerprint density at radius 2 is 1.76 bits per heavy atom. The SMILES string of the molecule is COC(=O)c1cccc(OCC(=O)Nc2ccc(S(=O)(=O)N(C)C(C)C)cc2)c1. The standard InChI is InChI=1S/C20H24N2O6S/c1-14(2)22(3)29(25,26)18-10-8-16(9-11-18)21-19(23)13-28-17-7-5-6-15(12-17)20(24)27-4/h5-12,14H,13H2,1-4H3,(H,21,23). The van der Waals surface area contributed by atoms with Gasteiger partial charge in [0, 0.05) is 18.8 Å². The maximum absolute atomic E-state index is 12.4. The summed E-state index contributed by atoms with van der Waals surface area (Å²) in [7, 11) is -0.790. The summed E-state index contributed by atoms with van der Waals surface area (Å²) < 4.78 is 36.2. The molecule has 0 saturated carbocycles. The van der Waals surface area contributed by atoms with Gasteiger partial charge < -0.3 is 14.8 Å². The zero-order chi connectivity index (χ0) is 21.6. The highest BCUT2D eigenvalue weighted by Crippen LogP contribution is 2.19. The summed E-state index contributed by atoms with van der Waals surface area (Å²) in [6, 6.07) is 12.0. The fourth-order valence-corrected chi connectivity index (χ4v) is 3.70. The number of methoxy groups -OCH3 is 1. The molecule has 0 unspecified atom stereocenters. The molecule has 1 amide bonds. The zero-order valence-corrected chi connectivity index (χ0v) is 17.5. The van der Waals surface area contributed by atoms with Crippen LogP contribution in [-0.4, -0.2) is 51.4 Å². The van der Waals surface area contributed by atoms with Gasteiger partial charge in [0.1, 0.15) is 5.75 Å². The molecule has 0 aliphatic heterocycles. The summed E-state index contributed by atoms with van der Waals surface area (Å²) >= 11 is 0. The number of carbonyl (C=O) groups is 2. The zero-order valence-electron chi connectivity index (χ0n) is 16.7. The molecule has 0 atom stereocenters. The Bertz CT molecular complexity index is 971. The van der Waals surface area contributed by atoms with Gasteiger partial charge in [0.15, 0.2) is 6.61 Å². The van der Waals surface area contributed by atoms with E-state index in [2.05, 4.69) is 10.1 Å². The van der Waals surface area contributed by atoms with Gasteiger partial charge in [0.05, 0.1) is 17.6 Å². The fraction of sp³-hybridized carbons (Fsp3) is 0.300. The number of sulfonamides is 1. The third kappa shape index (κ3) is 5.78. The van der Waals surface area contributed by atoms with E-state index in [0.29, 0.717) is 17.0 Å². The van der Waals surface area contributed by atoms with Crippen molar-refractivity contribution in [3.8, 4) is 5.75 Å². The smallest absolute Gasteiger partial charge is 0.337 e. The van der Waals surface area contributed by atoms with E-state index >= 15 is 0 Å². The first-order valence-electron chi connectivity index (χ1n) is 8.84. The first-order valence-corrected chi connectivity index (χ1v) is 10.3. The van der Waals surface area contributed by atoms with Crippen LogP contribution in [0.2, 0.25) is 0 Å². The van der Waals surface area contributed by atoms with E-state index in [9.17, 15) is 18.0 Å². The Morgan fingerprint density at radius 3 is 2.34 bits per heavy atom. The van der Waals surface area contributed by atoms with Crippen LogP contribution in [0.4, 0.5) is 5.69 Å². The van der Waals surface area contributed by atoms with Crippen LogP contribution in [-0.2, 0) is 19.6 Å². The molecule has 8 nitrogen and oxygen atoms in total. The monoisotopic (exact) mass is 420 g/mol. The molecule has 0 bridgehead atoms. The minimum Gasteiger partial charge on any atom is -0.484 e. The summed E-state index contributed by atoms with van der Waals surface area (Å²) in [6.45, 7) is 3.29. The van der Waals surface area contributed by atoms with Gasteiger partial charge in [-0.25, -0.2) is 13.2 Å². The number of amides is 1. The van der Waals surface area contributed by atoms with Crippen LogP contribution < -0.4 is 10.1 Å². The van der Waals surface area contributed by atoms with E-state index in [0.717, 1.165) is 0 Å². The lowest BCUT2D eigenvalue weighted by Gasteiger charge is -2.21. The molecule has 0 heterocycles. The molecule has 2 aromatic carbocycles. The molecule has 0 aromatic heterocycles. The van der Waals surface area contributed by atoms with E-state index in [1.165, 1.54) is 48.8 Å². The van der Waals surface area contributed by atoms with Crippen LogP contribution in [0.1, 0.15) is 24.2 Å². The number of nitrogens with one attached hydrogen (secondary N) is 1. The predicted octanol–water partition coefficient (Wildman–Crippen LogP) is 2.52. The molecule has 0 spiro atoms. The molecule has 2 aromatic rings. The van der Waals surface area contributed by atoms with Gasteiger partial charge in [-0.2, -0.15) is 4.31 Å². The highest BCUT2D eigenvalue weighted by Gasteiger charge is 2.22. The maximum atomic E-state index is 12.4. The number of carbonyl (C=O) groups excluding carboxylic acids is 2. The number of benzene rings is 2. The molecule has 9 heteroatoms. The topological polar surface area (TPSA) is 102 Å². The molecule has 29 heavy (non-hydrogen) atoms. The van der Waals surface area contributed by atoms with E-state index in [1.807, 2.05) is 0 Å². The maximum Gasteiger partial charge on any atom is 0.337 e. The van der Waals surface area contributed by atoms with Gasteiger partial charge in [0.25, 0.3) is 5.91 Å². The number of rotatable bonds is 8. The quantitative estimate of drug-likeness (QED) is 0.659. The highest BCUT2D eigenvalue weighted by atomic mass is 32.2. The average molecular weight is 420 g/mol. The third-order valence-electron chi connectivity index (χ3n) is 4.17. The number of anilines is 1. The number of hydrogen-bond donors (Lipinski definition) is 1. The fourth-order valence-electron chi connectivity index (χ4n) is 2.33. The predicted molar refractivity (Wildman–Crippen MR) is 108 cm³/mol. The van der Waals surface area contributed by atoms with Crippen molar-refractivity contribution in [1.82, 2.24) is 4.31 Å². The van der Waals surface area contributed by atoms with Crippen molar-refractivity contribution in [1.29, 1.82) is 0 Å². The van der Waals surface area contributed by atoms with Gasteiger partial charge in [0.2, 0.25) is 10.0 Å².